The number of ether oxygens (including phenoxy) is 4. The van der Waals surface area contributed by atoms with Gasteiger partial charge in [0.25, 0.3) is 0 Å². The van der Waals surface area contributed by atoms with Crippen molar-refractivity contribution < 1.29 is 42.9 Å². The number of nitrogens with zero attached hydrogens (tertiary/aromatic N) is 1. The summed E-state index contributed by atoms with van der Waals surface area (Å²) in [5, 5.41) is 11.9. The van der Waals surface area contributed by atoms with E-state index >= 15 is 0 Å². The number of esters is 2. The minimum Gasteiger partial charge on any atom is -0.545 e. The fraction of sp³-hybridized carbons (Fsp3) is 0.522. The Balaban J connectivity index is 4.27. The minimum atomic E-state index is -1.65. The van der Waals surface area contributed by atoms with Crippen LogP contribution < -0.4 is 5.11 Å². The molecule has 0 bridgehead atoms. The number of hydrogen-bond acceptors (Lipinski definition) is 8. The molecule has 0 aromatic carbocycles. The third-order valence-corrected chi connectivity index (χ3v) is 15.1. The number of carbonyl (C=O) groups excluding carboxylic acids is 3. The summed E-state index contributed by atoms with van der Waals surface area (Å²) in [7, 11) is 5.90. The van der Waals surface area contributed by atoms with Gasteiger partial charge in [0.1, 0.15) is 13.2 Å². The highest BCUT2D eigenvalue weighted by Gasteiger charge is 2.22. The molecule has 0 radical (unpaired) electrons. The van der Waals surface area contributed by atoms with Crippen LogP contribution in [0.15, 0.2) is 243 Å². The molecule has 0 saturated heterocycles. The molecule has 0 heterocycles. The van der Waals surface area contributed by atoms with Crippen molar-refractivity contribution in [3.8, 4) is 0 Å². The molecular formula is C90H137NO8. The molecule has 0 fully saturated rings. The summed E-state index contributed by atoms with van der Waals surface area (Å²) in [6.45, 7) is 4.43. The normalized spacial score (nSPS) is 14.1. The fourth-order valence-electron chi connectivity index (χ4n) is 9.36. The van der Waals surface area contributed by atoms with E-state index in [4.69, 9.17) is 18.9 Å². The lowest BCUT2D eigenvalue weighted by molar-refractivity contribution is -0.870. The number of quaternary nitrogens is 1. The zero-order valence-corrected chi connectivity index (χ0v) is 62.7. The van der Waals surface area contributed by atoms with E-state index in [0.29, 0.717) is 23.9 Å². The molecule has 2 atom stereocenters. The van der Waals surface area contributed by atoms with Crippen LogP contribution in [0.25, 0.3) is 0 Å². The molecule has 0 aliphatic carbocycles. The van der Waals surface area contributed by atoms with Gasteiger partial charge in [-0.25, -0.2) is 0 Å². The summed E-state index contributed by atoms with van der Waals surface area (Å²) in [6, 6.07) is 0. The van der Waals surface area contributed by atoms with E-state index in [-0.39, 0.29) is 38.6 Å². The van der Waals surface area contributed by atoms with Gasteiger partial charge in [0.05, 0.1) is 40.3 Å². The molecule has 550 valence electrons. The van der Waals surface area contributed by atoms with Crippen molar-refractivity contribution in [1.82, 2.24) is 0 Å². The van der Waals surface area contributed by atoms with Gasteiger partial charge in [0.15, 0.2) is 12.4 Å². The van der Waals surface area contributed by atoms with Crippen LogP contribution in [0.5, 0.6) is 0 Å². The quantitative estimate of drug-likeness (QED) is 0.0195. The van der Waals surface area contributed by atoms with Crippen LogP contribution in [-0.2, 0) is 33.3 Å². The number of rotatable bonds is 67. The molecule has 0 aromatic heterocycles. The van der Waals surface area contributed by atoms with Crippen LogP contribution >= 0.6 is 0 Å². The summed E-state index contributed by atoms with van der Waals surface area (Å²) in [5.41, 5.74) is 0. The van der Waals surface area contributed by atoms with Gasteiger partial charge in [0, 0.05) is 12.8 Å². The highest BCUT2D eigenvalue weighted by atomic mass is 16.7. The van der Waals surface area contributed by atoms with Gasteiger partial charge in [-0.3, -0.25) is 9.59 Å². The number of likely N-dealkylation sites (N-methyl/N-ethyl adjacent to an activating group) is 1. The maximum Gasteiger partial charge on any atom is 0.306 e. The Morgan fingerprint density at radius 3 is 0.828 bits per heavy atom. The van der Waals surface area contributed by atoms with Gasteiger partial charge in [-0.2, -0.15) is 0 Å². The summed E-state index contributed by atoms with van der Waals surface area (Å²) >= 11 is 0. The monoisotopic (exact) mass is 1360 g/mol. The predicted molar refractivity (Wildman–Crippen MR) is 425 cm³/mol. The van der Waals surface area contributed by atoms with E-state index in [1.807, 2.05) is 21.1 Å². The highest BCUT2D eigenvalue weighted by Crippen LogP contribution is 2.14. The summed E-state index contributed by atoms with van der Waals surface area (Å²) in [5.74, 6) is -2.38. The van der Waals surface area contributed by atoms with E-state index < -0.39 is 24.3 Å². The van der Waals surface area contributed by atoms with Crippen molar-refractivity contribution in [2.24, 2.45) is 0 Å². The van der Waals surface area contributed by atoms with Crippen LogP contribution in [0.1, 0.15) is 245 Å². The van der Waals surface area contributed by atoms with Gasteiger partial charge in [-0.1, -0.05) is 308 Å². The van der Waals surface area contributed by atoms with Crippen LogP contribution in [-0.4, -0.2) is 82.3 Å². The second-order valence-electron chi connectivity index (χ2n) is 25.5. The maximum absolute atomic E-state index is 12.9. The summed E-state index contributed by atoms with van der Waals surface area (Å²) < 4.78 is 22.7. The Bertz CT molecular complexity index is 2540. The predicted octanol–water partition coefficient (Wildman–Crippen LogP) is 23.5. The molecule has 0 rings (SSSR count). The first-order chi connectivity index (χ1) is 48.6. The maximum atomic E-state index is 12.9. The van der Waals surface area contributed by atoms with E-state index in [1.165, 1.54) is 38.5 Å². The average molecular weight is 1360 g/mol. The van der Waals surface area contributed by atoms with Crippen LogP contribution in [0.4, 0.5) is 0 Å². The standard InChI is InChI=1S/C90H137NO8/c1-6-8-10-12-14-16-18-20-22-24-26-28-30-32-34-36-38-40-42-43-44-45-47-49-51-53-55-57-59-61-63-65-67-69-71-73-75-77-79-81-88(93)99-86(85-98-90(89(94)95)96-83-82-91(3,4)5)84-97-87(92)80-78-76-74-72-70-68-66-64-62-60-58-56-54-52-50-48-46-41-39-37-35-33-31-29-27-25-23-21-19-17-15-13-11-9-7-2/h8-11,14-17,20-23,26-29,32-35,38-41,43-44,47-50,53-56,59,61,65,67,71,73,86,90H,6-7,12-13,18-19,24-25,30-31,36-37,42,45-46,51-52,57-58,60,62-64,66,68-70,72,74-85H2,1-5H3/b10-8-,11-9-,16-14-,17-15-,22-20-,23-21-,28-26-,29-27-,34-32-,35-33-,40-38-,41-39-,44-43-,49-47-,50-48-,55-53-,56-54-,61-59-,67-65-,73-71-. The zero-order valence-electron chi connectivity index (χ0n) is 62.7. The van der Waals surface area contributed by atoms with Gasteiger partial charge in [-0.05, 0) is 167 Å². The third-order valence-electron chi connectivity index (χ3n) is 15.1. The van der Waals surface area contributed by atoms with E-state index in [2.05, 4.69) is 257 Å². The van der Waals surface area contributed by atoms with Crippen molar-refractivity contribution in [2.75, 3.05) is 47.5 Å². The second kappa shape index (κ2) is 76.8. The Morgan fingerprint density at radius 2 is 0.545 bits per heavy atom. The Morgan fingerprint density at radius 1 is 0.303 bits per heavy atom. The second-order valence-corrected chi connectivity index (χ2v) is 25.5. The summed E-state index contributed by atoms with van der Waals surface area (Å²) in [4.78, 5) is 37.6. The number of unbranched alkanes of at least 4 members (excludes halogenated alkanes) is 12. The number of carbonyl (C=O) groups is 3. The molecule has 0 aromatic rings. The van der Waals surface area contributed by atoms with Crippen molar-refractivity contribution in [2.45, 2.75) is 257 Å². The lowest BCUT2D eigenvalue weighted by Crippen LogP contribution is -2.44. The van der Waals surface area contributed by atoms with Crippen molar-refractivity contribution >= 4 is 17.9 Å². The van der Waals surface area contributed by atoms with Crippen LogP contribution in [0, 0.1) is 0 Å². The molecule has 0 amide bonds. The minimum absolute atomic E-state index is 0.125. The van der Waals surface area contributed by atoms with Crippen LogP contribution in [0.2, 0.25) is 0 Å². The molecule has 2 unspecified atom stereocenters. The van der Waals surface area contributed by atoms with E-state index in [0.717, 1.165) is 167 Å². The number of allylic oxidation sites excluding steroid dienone is 40. The first-order valence-electron chi connectivity index (χ1n) is 38.2. The molecule has 0 aliphatic heterocycles. The Hall–Kier alpha value is -6.91. The van der Waals surface area contributed by atoms with Gasteiger partial charge < -0.3 is 33.3 Å². The molecule has 0 N–H and O–H groups in total. The molecule has 9 nitrogen and oxygen atoms in total. The smallest absolute Gasteiger partial charge is 0.306 e. The SMILES string of the molecule is CC/C=C\C/C=C\C/C=C\C/C=C\C/C=C\C/C=C\C/C=C\C/C=C\C/C=C\C/C=C\C/C=C\C/C=C\CCCCC(=O)OC(COC(=O)CCCCCCCCCCCC/C=C\C/C=C\C/C=C\C/C=C\C/C=C\C/C=C\C/C=C\C/C=C\CC)COC(OCC[N+](C)(C)C)C(=O)[O-]. The Kier molecular flexibility index (Phi) is 71.5. The molecule has 0 saturated carbocycles. The van der Waals surface area contributed by atoms with Gasteiger partial charge in [0.2, 0.25) is 0 Å². The van der Waals surface area contributed by atoms with Crippen molar-refractivity contribution in [1.29, 1.82) is 0 Å². The van der Waals surface area contributed by atoms with E-state index in [1.54, 1.807) is 0 Å². The van der Waals surface area contributed by atoms with Crippen LogP contribution in [0.3, 0.4) is 0 Å². The largest absolute Gasteiger partial charge is 0.545 e. The topological polar surface area (TPSA) is 111 Å². The van der Waals surface area contributed by atoms with Crippen molar-refractivity contribution in [3.05, 3.63) is 243 Å². The highest BCUT2D eigenvalue weighted by molar-refractivity contribution is 5.70. The first-order valence-corrected chi connectivity index (χ1v) is 38.2. The number of carboxylic acid groups (broad SMARTS) is 1. The molecule has 99 heavy (non-hydrogen) atoms. The zero-order chi connectivity index (χ0) is 71.8. The summed E-state index contributed by atoms with van der Waals surface area (Å²) in [6.07, 6.45) is 121. The van der Waals surface area contributed by atoms with Gasteiger partial charge >= 0.3 is 11.9 Å². The van der Waals surface area contributed by atoms with E-state index in [9.17, 15) is 19.5 Å². The fourth-order valence-corrected chi connectivity index (χ4v) is 9.36. The molecule has 0 aliphatic rings. The molecule has 0 spiro atoms. The Labute approximate surface area is 605 Å². The lowest BCUT2D eigenvalue weighted by Gasteiger charge is -2.26. The molecule has 9 heteroatoms. The lowest BCUT2D eigenvalue weighted by atomic mass is 10.1. The number of carboxylic acids is 1. The first kappa shape index (κ1) is 92.1. The average Bonchev–Trinajstić information content (AvgIpc) is 1.14. The third kappa shape index (κ3) is 78.3. The molecular weight excluding hydrogens is 1220 g/mol. The van der Waals surface area contributed by atoms with Crippen molar-refractivity contribution in [3.63, 3.8) is 0 Å². The number of hydrogen-bond donors (Lipinski definition) is 0. The van der Waals surface area contributed by atoms with Gasteiger partial charge in [-0.15, -0.1) is 0 Å². The number of aliphatic carboxylic acids is 1.